The van der Waals surface area contributed by atoms with Crippen molar-refractivity contribution in [2.24, 2.45) is 5.41 Å². The fraction of sp³-hybridized carbons (Fsp3) is 0.600. The highest BCUT2D eigenvalue weighted by Crippen LogP contribution is 2.21. The molecule has 1 saturated heterocycles. The number of hydrogen-bond donors (Lipinski definition) is 0. The van der Waals surface area contributed by atoms with E-state index in [0.717, 1.165) is 25.1 Å². The van der Waals surface area contributed by atoms with Crippen molar-refractivity contribution in [1.82, 2.24) is 0 Å². The molecular formula is C15H25BO2. The number of rotatable bonds is 2. The van der Waals surface area contributed by atoms with E-state index in [-0.39, 0.29) is 12.5 Å². The minimum absolute atomic E-state index is 0.139. The molecule has 0 aromatic heterocycles. The molecule has 0 aliphatic carbocycles. The van der Waals surface area contributed by atoms with Crippen LogP contribution in [0.15, 0.2) is 24.3 Å². The van der Waals surface area contributed by atoms with Gasteiger partial charge in [-0.15, -0.1) is 0 Å². The molecule has 3 heteroatoms. The number of benzene rings is 1. The number of hydrogen-bond acceptors (Lipinski definition) is 2. The Kier molecular flexibility index (Phi) is 5.90. The zero-order chi connectivity index (χ0) is 13.6. The molecule has 1 aliphatic rings. The number of aryl methyl sites for hydroxylation is 1. The van der Waals surface area contributed by atoms with Crippen molar-refractivity contribution in [3.8, 4) is 0 Å². The van der Waals surface area contributed by atoms with Crippen LogP contribution in [-0.4, -0.2) is 20.3 Å². The van der Waals surface area contributed by atoms with E-state index in [2.05, 4.69) is 45.0 Å². The Balaban J connectivity index is 0.000000771. The van der Waals surface area contributed by atoms with Crippen molar-refractivity contribution in [3.63, 3.8) is 0 Å². The summed E-state index contributed by atoms with van der Waals surface area (Å²) < 4.78 is 11.5. The van der Waals surface area contributed by atoms with Crippen molar-refractivity contribution < 1.29 is 9.31 Å². The molecule has 0 unspecified atom stereocenters. The van der Waals surface area contributed by atoms with Gasteiger partial charge in [0.25, 0.3) is 0 Å². The van der Waals surface area contributed by atoms with Crippen LogP contribution in [-0.2, 0) is 15.7 Å². The van der Waals surface area contributed by atoms with Crippen molar-refractivity contribution in [2.45, 2.75) is 41.0 Å². The van der Waals surface area contributed by atoms with E-state index in [9.17, 15) is 0 Å². The van der Waals surface area contributed by atoms with Crippen LogP contribution >= 0.6 is 0 Å². The van der Waals surface area contributed by atoms with Gasteiger partial charge >= 0.3 is 7.12 Å². The fourth-order valence-corrected chi connectivity index (χ4v) is 1.80. The van der Waals surface area contributed by atoms with Gasteiger partial charge in [0.1, 0.15) is 0 Å². The summed E-state index contributed by atoms with van der Waals surface area (Å²) in [5.41, 5.74) is 2.60. The van der Waals surface area contributed by atoms with Crippen LogP contribution in [0, 0.1) is 5.41 Å². The minimum atomic E-state index is -0.182. The van der Waals surface area contributed by atoms with Crippen LogP contribution in [0.2, 0.25) is 0 Å². The quantitative estimate of drug-likeness (QED) is 0.749. The average molecular weight is 248 g/mol. The summed E-state index contributed by atoms with van der Waals surface area (Å²) in [7, 11) is -0.182. The largest absolute Gasteiger partial charge is 0.493 e. The maximum atomic E-state index is 5.73. The molecule has 1 aromatic carbocycles. The molecule has 100 valence electrons. The molecule has 1 heterocycles. The maximum Gasteiger partial charge on any atom is 0.493 e. The molecule has 0 spiro atoms. The second-order valence-electron chi connectivity index (χ2n) is 5.21. The molecule has 0 amide bonds. The Morgan fingerprint density at radius 3 is 2.00 bits per heavy atom. The summed E-state index contributed by atoms with van der Waals surface area (Å²) in [5.74, 6) is 0. The predicted molar refractivity (Wildman–Crippen MR) is 78.2 cm³/mol. The summed E-state index contributed by atoms with van der Waals surface area (Å²) in [6.45, 7) is 12.0. The van der Waals surface area contributed by atoms with Crippen LogP contribution in [0.25, 0.3) is 0 Å². The zero-order valence-corrected chi connectivity index (χ0v) is 12.3. The van der Waals surface area contributed by atoms with Crippen molar-refractivity contribution in [2.75, 3.05) is 13.2 Å². The van der Waals surface area contributed by atoms with Gasteiger partial charge in [0.2, 0.25) is 0 Å². The molecule has 1 aliphatic heterocycles. The highest BCUT2D eigenvalue weighted by atomic mass is 16.6. The lowest BCUT2D eigenvalue weighted by Gasteiger charge is -2.33. The monoisotopic (exact) mass is 248 g/mol. The second kappa shape index (κ2) is 6.96. The third-order valence-corrected chi connectivity index (χ3v) is 2.91. The minimum Gasteiger partial charge on any atom is -0.407 e. The summed E-state index contributed by atoms with van der Waals surface area (Å²) in [6, 6.07) is 8.48. The van der Waals surface area contributed by atoms with Crippen molar-refractivity contribution in [1.29, 1.82) is 0 Å². The smallest absolute Gasteiger partial charge is 0.407 e. The van der Waals surface area contributed by atoms with E-state index in [1.807, 2.05) is 13.8 Å². The molecule has 0 bridgehead atoms. The summed E-state index contributed by atoms with van der Waals surface area (Å²) in [4.78, 5) is 0. The molecule has 0 radical (unpaired) electrons. The molecule has 0 N–H and O–H groups in total. The van der Waals surface area contributed by atoms with Gasteiger partial charge in [-0.2, -0.15) is 0 Å². The third kappa shape index (κ3) is 4.15. The van der Waals surface area contributed by atoms with Gasteiger partial charge < -0.3 is 9.31 Å². The summed E-state index contributed by atoms with van der Waals surface area (Å²) >= 11 is 0. The van der Waals surface area contributed by atoms with Crippen LogP contribution in [0.5, 0.6) is 0 Å². The van der Waals surface area contributed by atoms with Gasteiger partial charge in [0.15, 0.2) is 0 Å². The van der Waals surface area contributed by atoms with E-state index >= 15 is 0 Å². The Bertz CT molecular complexity index is 336. The topological polar surface area (TPSA) is 18.5 Å². The third-order valence-electron chi connectivity index (χ3n) is 2.91. The Morgan fingerprint density at radius 1 is 1.06 bits per heavy atom. The first-order valence-corrected chi connectivity index (χ1v) is 6.93. The molecule has 0 atom stereocenters. The lowest BCUT2D eigenvalue weighted by molar-refractivity contribution is 0.0343. The lowest BCUT2D eigenvalue weighted by atomic mass is 9.75. The molecule has 2 rings (SSSR count). The summed E-state index contributed by atoms with van der Waals surface area (Å²) in [6.07, 6.45) is 1.07. The standard InChI is InChI=1S/C13H19BO2.C2H6/c1-4-11-5-7-12(8-6-11)14-15-9-13(2,3)10-16-14;1-2/h5-8H,4,9-10H2,1-3H3;1-2H3. The Morgan fingerprint density at radius 2 is 1.56 bits per heavy atom. The Labute approximate surface area is 112 Å². The van der Waals surface area contributed by atoms with Gasteiger partial charge in [-0.25, -0.2) is 0 Å². The average Bonchev–Trinajstić information content (AvgIpc) is 2.41. The normalized spacial score (nSPS) is 17.9. The molecule has 1 aromatic rings. The van der Waals surface area contributed by atoms with Crippen LogP contribution in [0.1, 0.15) is 40.2 Å². The van der Waals surface area contributed by atoms with E-state index in [4.69, 9.17) is 9.31 Å². The molecule has 1 fully saturated rings. The highest BCUT2D eigenvalue weighted by molar-refractivity contribution is 6.61. The van der Waals surface area contributed by atoms with Crippen LogP contribution < -0.4 is 5.46 Å². The molecule has 0 saturated carbocycles. The maximum absolute atomic E-state index is 5.73. The van der Waals surface area contributed by atoms with Gasteiger partial charge in [-0.05, 0) is 17.4 Å². The van der Waals surface area contributed by atoms with Crippen molar-refractivity contribution in [3.05, 3.63) is 29.8 Å². The molecule has 18 heavy (non-hydrogen) atoms. The predicted octanol–water partition coefficient (Wildman–Crippen LogP) is 3.04. The van der Waals surface area contributed by atoms with Crippen LogP contribution in [0.4, 0.5) is 0 Å². The molecule has 2 nitrogen and oxygen atoms in total. The van der Waals surface area contributed by atoms with Crippen LogP contribution in [0.3, 0.4) is 0 Å². The van der Waals surface area contributed by atoms with E-state index in [1.165, 1.54) is 5.56 Å². The fourth-order valence-electron chi connectivity index (χ4n) is 1.80. The first kappa shape index (κ1) is 15.3. The van der Waals surface area contributed by atoms with Gasteiger partial charge in [0, 0.05) is 18.6 Å². The van der Waals surface area contributed by atoms with E-state index in [0.29, 0.717) is 0 Å². The molecular weight excluding hydrogens is 223 g/mol. The first-order valence-electron chi connectivity index (χ1n) is 6.93. The van der Waals surface area contributed by atoms with Gasteiger partial charge in [0.05, 0.1) is 0 Å². The van der Waals surface area contributed by atoms with E-state index in [1.54, 1.807) is 0 Å². The lowest BCUT2D eigenvalue weighted by Crippen LogP contribution is -2.47. The SMILES string of the molecule is CC.CCc1ccc(B2OCC(C)(C)CO2)cc1. The first-order chi connectivity index (χ1) is 8.61. The van der Waals surface area contributed by atoms with Gasteiger partial charge in [-0.1, -0.05) is 58.9 Å². The van der Waals surface area contributed by atoms with Crippen molar-refractivity contribution >= 4 is 12.6 Å². The van der Waals surface area contributed by atoms with E-state index < -0.39 is 0 Å². The second-order valence-corrected chi connectivity index (χ2v) is 5.21. The zero-order valence-electron chi connectivity index (χ0n) is 12.3. The highest BCUT2D eigenvalue weighted by Gasteiger charge is 2.33. The Hall–Kier alpha value is -0.795. The van der Waals surface area contributed by atoms with Gasteiger partial charge in [-0.3, -0.25) is 0 Å². The summed E-state index contributed by atoms with van der Waals surface area (Å²) in [5, 5.41) is 0.